The highest BCUT2D eigenvalue weighted by Crippen LogP contribution is 2.28. The summed E-state index contributed by atoms with van der Waals surface area (Å²) in [6.07, 6.45) is 5.08. The predicted molar refractivity (Wildman–Crippen MR) is 75.2 cm³/mol. The highest BCUT2D eigenvalue weighted by Gasteiger charge is 2.08. The van der Waals surface area contributed by atoms with Crippen molar-refractivity contribution in [3.8, 4) is 11.5 Å². The summed E-state index contributed by atoms with van der Waals surface area (Å²) in [5.74, 6) is 0.725. The van der Waals surface area contributed by atoms with Crippen LogP contribution in [0.1, 0.15) is 51.1 Å². The van der Waals surface area contributed by atoms with Gasteiger partial charge in [-0.3, -0.25) is 0 Å². The lowest BCUT2D eigenvalue weighted by Crippen LogP contribution is -2.19. The Hall–Kier alpha value is -1.22. The van der Waals surface area contributed by atoms with Gasteiger partial charge in [0.25, 0.3) is 0 Å². The van der Waals surface area contributed by atoms with Crippen LogP contribution in [0.4, 0.5) is 0 Å². The first-order chi connectivity index (χ1) is 8.69. The fraction of sp³-hybridized carbons (Fsp3) is 0.600. The average molecular weight is 251 g/mol. The molecule has 1 aromatic rings. The molecule has 18 heavy (non-hydrogen) atoms. The molecule has 1 rings (SSSR count). The van der Waals surface area contributed by atoms with Gasteiger partial charge in [0.05, 0.1) is 7.11 Å². The van der Waals surface area contributed by atoms with Crippen molar-refractivity contribution in [3.05, 3.63) is 23.8 Å². The second-order valence-electron chi connectivity index (χ2n) is 4.67. The van der Waals surface area contributed by atoms with Crippen molar-refractivity contribution in [2.45, 2.75) is 45.6 Å². The first kappa shape index (κ1) is 14.8. The van der Waals surface area contributed by atoms with Gasteiger partial charge in [-0.05, 0) is 37.6 Å². The zero-order chi connectivity index (χ0) is 13.4. The molecule has 1 atom stereocenters. The minimum atomic E-state index is 0.191. The second-order valence-corrected chi connectivity index (χ2v) is 4.67. The number of rotatable bonds is 8. The smallest absolute Gasteiger partial charge is 0.160 e. The summed E-state index contributed by atoms with van der Waals surface area (Å²) in [5.41, 5.74) is 1.14. The van der Waals surface area contributed by atoms with Gasteiger partial charge in [0, 0.05) is 6.04 Å². The van der Waals surface area contributed by atoms with Crippen molar-refractivity contribution < 1.29 is 9.84 Å². The van der Waals surface area contributed by atoms with Crippen molar-refractivity contribution in [3.63, 3.8) is 0 Å². The van der Waals surface area contributed by atoms with Crippen LogP contribution in [0.2, 0.25) is 0 Å². The first-order valence-electron chi connectivity index (χ1n) is 6.79. The van der Waals surface area contributed by atoms with Gasteiger partial charge in [0.2, 0.25) is 0 Å². The van der Waals surface area contributed by atoms with E-state index in [-0.39, 0.29) is 11.8 Å². The molecule has 0 fully saturated rings. The Kier molecular flexibility index (Phi) is 6.58. The van der Waals surface area contributed by atoms with E-state index in [1.165, 1.54) is 25.7 Å². The van der Waals surface area contributed by atoms with Crippen molar-refractivity contribution >= 4 is 0 Å². The van der Waals surface area contributed by atoms with Crippen LogP contribution in [-0.2, 0) is 0 Å². The van der Waals surface area contributed by atoms with Crippen LogP contribution in [-0.4, -0.2) is 18.8 Å². The molecular formula is C15H25NO2. The quantitative estimate of drug-likeness (QED) is 0.693. The molecule has 0 amide bonds. The van der Waals surface area contributed by atoms with Gasteiger partial charge in [-0.2, -0.15) is 0 Å². The van der Waals surface area contributed by atoms with Crippen LogP contribution in [0.3, 0.4) is 0 Å². The maximum absolute atomic E-state index is 9.54. The number of phenols is 1. The number of nitrogens with one attached hydrogen (secondary N) is 1. The number of methoxy groups -OCH3 is 1. The minimum Gasteiger partial charge on any atom is -0.504 e. The summed E-state index contributed by atoms with van der Waals surface area (Å²) < 4.78 is 5.12. The van der Waals surface area contributed by atoms with Gasteiger partial charge in [-0.1, -0.05) is 32.3 Å². The molecule has 0 radical (unpaired) electrons. The third-order valence-corrected chi connectivity index (χ3v) is 3.18. The van der Waals surface area contributed by atoms with Crippen LogP contribution >= 0.6 is 0 Å². The van der Waals surface area contributed by atoms with E-state index >= 15 is 0 Å². The van der Waals surface area contributed by atoms with Crippen molar-refractivity contribution in [2.24, 2.45) is 0 Å². The average Bonchev–Trinajstić information content (AvgIpc) is 2.38. The summed E-state index contributed by atoms with van der Waals surface area (Å²) in [7, 11) is 1.57. The molecule has 0 spiro atoms. The number of unbranched alkanes of at least 4 members (excludes halogenated alkanes) is 3. The molecule has 3 heteroatoms. The second kappa shape index (κ2) is 7.98. The normalized spacial score (nSPS) is 12.4. The third-order valence-electron chi connectivity index (χ3n) is 3.18. The van der Waals surface area contributed by atoms with Crippen molar-refractivity contribution in [1.82, 2.24) is 5.32 Å². The largest absolute Gasteiger partial charge is 0.504 e. The van der Waals surface area contributed by atoms with Crippen LogP contribution in [0, 0.1) is 0 Å². The summed E-state index contributed by atoms with van der Waals surface area (Å²) in [6.45, 7) is 5.38. The minimum absolute atomic E-state index is 0.191. The molecule has 0 bridgehead atoms. The standard InChI is InChI=1S/C15H25NO2/c1-4-5-6-7-10-16-12(2)13-8-9-14(17)15(11-13)18-3/h8-9,11-12,16-17H,4-7,10H2,1-3H3. The van der Waals surface area contributed by atoms with Crippen LogP contribution < -0.4 is 10.1 Å². The number of hydrogen-bond donors (Lipinski definition) is 2. The van der Waals surface area contributed by atoms with E-state index in [1.54, 1.807) is 13.2 Å². The number of benzene rings is 1. The molecule has 0 aromatic heterocycles. The highest BCUT2D eigenvalue weighted by molar-refractivity contribution is 5.42. The Morgan fingerprint density at radius 1 is 1.28 bits per heavy atom. The van der Waals surface area contributed by atoms with E-state index in [9.17, 15) is 5.11 Å². The van der Waals surface area contributed by atoms with Gasteiger partial charge in [-0.15, -0.1) is 0 Å². The van der Waals surface area contributed by atoms with E-state index in [0.29, 0.717) is 5.75 Å². The molecule has 0 aliphatic rings. The zero-order valence-corrected chi connectivity index (χ0v) is 11.7. The van der Waals surface area contributed by atoms with Crippen LogP contribution in [0.5, 0.6) is 11.5 Å². The summed E-state index contributed by atoms with van der Waals surface area (Å²) in [5, 5.41) is 13.0. The van der Waals surface area contributed by atoms with Gasteiger partial charge in [-0.25, -0.2) is 0 Å². The highest BCUT2D eigenvalue weighted by atomic mass is 16.5. The summed E-state index contributed by atoms with van der Waals surface area (Å²) >= 11 is 0. The molecular weight excluding hydrogens is 226 g/mol. The lowest BCUT2D eigenvalue weighted by molar-refractivity contribution is 0.372. The van der Waals surface area contributed by atoms with Gasteiger partial charge in [0.1, 0.15) is 0 Å². The van der Waals surface area contributed by atoms with Gasteiger partial charge in [0.15, 0.2) is 11.5 Å². The lowest BCUT2D eigenvalue weighted by Gasteiger charge is -2.15. The number of aromatic hydroxyl groups is 1. The Balaban J connectivity index is 2.43. The molecule has 1 unspecified atom stereocenters. The molecule has 1 aromatic carbocycles. The number of ether oxygens (including phenoxy) is 1. The Morgan fingerprint density at radius 3 is 2.72 bits per heavy atom. The SMILES string of the molecule is CCCCCCNC(C)c1ccc(O)c(OC)c1. The third kappa shape index (κ3) is 4.57. The van der Waals surface area contributed by atoms with Gasteiger partial charge >= 0.3 is 0 Å². The number of phenolic OH excluding ortho intramolecular Hbond substituents is 1. The van der Waals surface area contributed by atoms with Gasteiger partial charge < -0.3 is 15.2 Å². The van der Waals surface area contributed by atoms with E-state index in [1.807, 2.05) is 12.1 Å². The zero-order valence-electron chi connectivity index (χ0n) is 11.7. The maximum Gasteiger partial charge on any atom is 0.160 e. The van der Waals surface area contributed by atoms with Crippen molar-refractivity contribution in [1.29, 1.82) is 0 Å². The predicted octanol–water partition coefficient (Wildman–Crippen LogP) is 3.63. The Labute approximate surface area is 110 Å². The van der Waals surface area contributed by atoms with Crippen molar-refractivity contribution in [2.75, 3.05) is 13.7 Å². The molecule has 0 heterocycles. The van der Waals surface area contributed by atoms with Crippen LogP contribution in [0.25, 0.3) is 0 Å². The Bertz CT molecular complexity index is 352. The van der Waals surface area contributed by atoms with Crippen LogP contribution in [0.15, 0.2) is 18.2 Å². The molecule has 102 valence electrons. The molecule has 2 N–H and O–H groups in total. The van der Waals surface area contributed by atoms with E-state index in [4.69, 9.17) is 4.74 Å². The molecule has 0 saturated heterocycles. The van der Waals surface area contributed by atoms with E-state index < -0.39 is 0 Å². The lowest BCUT2D eigenvalue weighted by atomic mass is 10.1. The summed E-state index contributed by atoms with van der Waals surface area (Å²) in [4.78, 5) is 0. The summed E-state index contributed by atoms with van der Waals surface area (Å²) in [6, 6.07) is 5.78. The first-order valence-corrected chi connectivity index (χ1v) is 6.79. The fourth-order valence-electron chi connectivity index (χ4n) is 1.95. The molecule has 0 saturated carbocycles. The maximum atomic E-state index is 9.54. The topological polar surface area (TPSA) is 41.5 Å². The molecule has 0 aliphatic carbocycles. The molecule has 0 aliphatic heterocycles. The van der Waals surface area contributed by atoms with E-state index in [2.05, 4.69) is 19.2 Å². The fourth-order valence-corrected chi connectivity index (χ4v) is 1.95. The van der Waals surface area contributed by atoms with E-state index in [0.717, 1.165) is 12.1 Å². The number of hydrogen-bond acceptors (Lipinski definition) is 3. The Morgan fingerprint density at radius 2 is 2.06 bits per heavy atom. The monoisotopic (exact) mass is 251 g/mol. The molecule has 3 nitrogen and oxygen atoms in total.